The lowest BCUT2D eigenvalue weighted by molar-refractivity contribution is 0.498. The maximum absolute atomic E-state index is 6.60. The van der Waals surface area contributed by atoms with E-state index >= 15 is 0 Å². The molecule has 0 radical (unpaired) electrons. The average Bonchev–Trinajstić information content (AvgIpc) is 4.01. The van der Waals surface area contributed by atoms with Gasteiger partial charge in [0.1, 0.15) is 23.0 Å². The first kappa shape index (κ1) is 41.1. The molecule has 0 unspecified atom stereocenters. The van der Waals surface area contributed by atoms with Gasteiger partial charge in [-0.2, -0.15) is 0 Å². The topological polar surface area (TPSA) is 55.3 Å². The van der Waals surface area contributed by atoms with Crippen LogP contribution in [0, 0.1) is 27.7 Å². The average molecular weight is 824 g/mol. The van der Waals surface area contributed by atoms with Gasteiger partial charge in [0.2, 0.25) is 0 Å². The number of rotatable bonds is 11. The molecule has 4 heterocycles. The van der Waals surface area contributed by atoms with Gasteiger partial charge in [0.25, 0.3) is 0 Å². The van der Waals surface area contributed by atoms with Gasteiger partial charge < -0.3 is 13.7 Å². The normalized spacial score (nSPS) is 11.5. The molecule has 5 aromatic carbocycles. The lowest BCUT2D eigenvalue weighted by atomic mass is 9.96. The predicted molar refractivity (Wildman–Crippen MR) is 261 cm³/mol. The van der Waals surface area contributed by atoms with Crippen LogP contribution in [0.5, 0.6) is 0 Å². The van der Waals surface area contributed by atoms with E-state index in [0.717, 1.165) is 118 Å². The zero-order valence-electron chi connectivity index (χ0n) is 37.4. The van der Waals surface area contributed by atoms with Gasteiger partial charge in [-0.3, -0.25) is 9.97 Å². The number of anilines is 3. The van der Waals surface area contributed by atoms with Gasteiger partial charge in [0, 0.05) is 63.5 Å². The molecule has 0 aliphatic rings. The first-order valence-corrected chi connectivity index (χ1v) is 21.9. The molecule has 5 nitrogen and oxygen atoms in total. The number of aryl methyl sites for hydroxylation is 4. The van der Waals surface area contributed by atoms with Gasteiger partial charge in [-0.15, -0.1) is 0 Å². The number of hydrogen-bond acceptors (Lipinski definition) is 5. The van der Waals surface area contributed by atoms with E-state index in [1.54, 1.807) is 0 Å². The molecule has 9 rings (SSSR count). The van der Waals surface area contributed by atoms with Crippen LogP contribution in [-0.2, 0) is 0 Å². The van der Waals surface area contributed by atoms with Crippen molar-refractivity contribution in [3.8, 4) is 67.4 Å². The molecular weight excluding hydrogens is 771 g/mol. The van der Waals surface area contributed by atoms with Crippen LogP contribution in [0.3, 0.4) is 0 Å². The molecular formula is C58H53N3O2. The molecule has 0 aliphatic carbocycles. The van der Waals surface area contributed by atoms with Crippen molar-refractivity contribution in [2.75, 3.05) is 4.90 Å². The SMILES string of the molecule is Cc1ccc(C)c(N(c2cc(-c3cc(-c4ccccc4)c(C)cn3)cc(-c3ccc(C(C)C)o3)c2)c2cc(-c3cc(-c4ccccc4)c(C)cn3)cc(-c3ccc(C(C)C)o3)c2)c1. The fourth-order valence-electron chi connectivity index (χ4n) is 8.31. The van der Waals surface area contributed by atoms with E-state index in [-0.39, 0.29) is 11.8 Å². The highest BCUT2D eigenvalue weighted by Gasteiger charge is 2.23. The van der Waals surface area contributed by atoms with Crippen LogP contribution >= 0.6 is 0 Å². The van der Waals surface area contributed by atoms with Crippen molar-refractivity contribution >= 4 is 17.1 Å². The first-order chi connectivity index (χ1) is 30.5. The third kappa shape index (κ3) is 8.52. The van der Waals surface area contributed by atoms with Crippen molar-refractivity contribution in [2.45, 2.75) is 67.2 Å². The van der Waals surface area contributed by atoms with E-state index in [1.807, 2.05) is 12.4 Å². The fraction of sp³-hybridized carbons (Fsp3) is 0.172. The van der Waals surface area contributed by atoms with E-state index in [2.05, 4.69) is 212 Å². The van der Waals surface area contributed by atoms with Gasteiger partial charge in [-0.25, -0.2) is 0 Å². The van der Waals surface area contributed by atoms with Crippen molar-refractivity contribution < 1.29 is 8.83 Å². The van der Waals surface area contributed by atoms with Crippen LogP contribution in [-0.4, -0.2) is 9.97 Å². The van der Waals surface area contributed by atoms with Crippen LogP contribution in [0.15, 0.2) is 173 Å². The van der Waals surface area contributed by atoms with E-state index in [9.17, 15) is 0 Å². The molecule has 0 spiro atoms. The summed E-state index contributed by atoms with van der Waals surface area (Å²) in [4.78, 5) is 12.5. The Bertz CT molecular complexity index is 2880. The minimum Gasteiger partial charge on any atom is -0.461 e. The van der Waals surface area contributed by atoms with Crippen LogP contribution in [0.2, 0.25) is 0 Å². The molecule has 63 heavy (non-hydrogen) atoms. The summed E-state index contributed by atoms with van der Waals surface area (Å²) in [7, 11) is 0. The molecule has 0 fully saturated rings. The summed E-state index contributed by atoms with van der Waals surface area (Å²) < 4.78 is 13.2. The quantitative estimate of drug-likeness (QED) is 0.130. The summed E-state index contributed by atoms with van der Waals surface area (Å²) in [5.41, 5.74) is 17.8. The molecule has 0 saturated heterocycles. The van der Waals surface area contributed by atoms with Gasteiger partial charge in [-0.1, -0.05) is 100 Å². The summed E-state index contributed by atoms with van der Waals surface area (Å²) in [6, 6.07) is 54.0. The van der Waals surface area contributed by atoms with Crippen LogP contribution in [0.25, 0.3) is 67.4 Å². The minimum atomic E-state index is 0.247. The summed E-state index contributed by atoms with van der Waals surface area (Å²) in [6.07, 6.45) is 3.97. The van der Waals surface area contributed by atoms with E-state index < -0.39 is 0 Å². The summed E-state index contributed by atoms with van der Waals surface area (Å²) in [5.74, 6) is 4.00. The number of hydrogen-bond donors (Lipinski definition) is 0. The largest absolute Gasteiger partial charge is 0.461 e. The Morgan fingerprint density at radius 1 is 0.413 bits per heavy atom. The number of pyridine rings is 2. The van der Waals surface area contributed by atoms with Crippen molar-refractivity contribution in [1.82, 2.24) is 9.97 Å². The molecule has 0 N–H and O–H groups in total. The lowest BCUT2D eigenvalue weighted by Crippen LogP contribution is -2.12. The van der Waals surface area contributed by atoms with Crippen LogP contribution in [0.1, 0.15) is 73.3 Å². The van der Waals surface area contributed by atoms with Crippen molar-refractivity contribution in [1.29, 1.82) is 0 Å². The van der Waals surface area contributed by atoms with Gasteiger partial charge >= 0.3 is 0 Å². The Morgan fingerprint density at radius 2 is 0.857 bits per heavy atom. The van der Waals surface area contributed by atoms with Crippen molar-refractivity contribution in [3.63, 3.8) is 0 Å². The molecule has 5 heteroatoms. The van der Waals surface area contributed by atoms with E-state index in [4.69, 9.17) is 18.8 Å². The third-order valence-corrected chi connectivity index (χ3v) is 11.9. The second-order valence-electron chi connectivity index (χ2n) is 17.4. The van der Waals surface area contributed by atoms with Crippen LogP contribution in [0.4, 0.5) is 17.1 Å². The minimum absolute atomic E-state index is 0.247. The zero-order valence-corrected chi connectivity index (χ0v) is 37.4. The Kier molecular flexibility index (Phi) is 11.3. The number of aromatic nitrogens is 2. The summed E-state index contributed by atoms with van der Waals surface area (Å²) in [6.45, 7) is 17.2. The highest BCUT2D eigenvalue weighted by molar-refractivity contribution is 5.89. The summed E-state index contributed by atoms with van der Waals surface area (Å²) >= 11 is 0. The van der Waals surface area contributed by atoms with Gasteiger partial charge in [0.15, 0.2) is 0 Å². The monoisotopic (exact) mass is 823 g/mol. The van der Waals surface area contributed by atoms with Gasteiger partial charge in [-0.05, 0) is 151 Å². The molecule has 0 aliphatic heterocycles. The maximum atomic E-state index is 6.60. The summed E-state index contributed by atoms with van der Waals surface area (Å²) in [5, 5.41) is 0. The van der Waals surface area contributed by atoms with Gasteiger partial charge in [0.05, 0.1) is 11.4 Å². The zero-order chi connectivity index (χ0) is 43.8. The smallest absolute Gasteiger partial charge is 0.134 e. The first-order valence-electron chi connectivity index (χ1n) is 21.9. The standard InChI is InChI=1S/C58H53N3O2/c1-36(2)55-21-23-57(62-55)46-26-44(52-32-50(40(7)34-59-52)42-15-11-9-12-16-42)28-48(30-46)61(54-25-38(5)19-20-39(54)6)49-29-45(27-47(31-49)58-24-22-56(63-58)37(3)4)53-33-51(41(8)35-60-53)43-17-13-10-14-18-43/h9-37H,1-8H3. The number of nitrogens with zero attached hydrogens (tertiary/aromatic N) is 3. The number of furan rings is 2. The van der Waals surface area contributed by atoms with Crippen molar-refractivity contribution in [2.24, 2.45) is 0 Å². The Labute approximate surface area is 371 Å². The molecule has 9 aromatic rings. The molecule has 0 saturated carbocycles. The number of benzene rings is 5. The molecule has 0 atom stereocenters. The Balaban J connectivity index is 1.31. The Hall–Kier alpha value is -7.24. The maximum Gasteiger partial charge on any atom is 0.134 e. The molecule has 4 aromatic heterocycles. The lowest BCUT2D eigenvalue weighted by Gasteiger charge is -2.29. The third-order valence-electron chi connectivity index (χ3n) is 11.9. The predicted octanol–water partition coefficient (Wildman–Crippen LogP) is 16.6. The molecule has 312 valence electrons. The van der Waals surface area contributed by atoms with Crippen LogP contribution < -0.4 is 4.90 Å². The highest BCUT2D eigenvalue weighted by atomic mass is 16.3. The second-order valence-corrected chi connectivity index (χ2v) is 17.4. The second kappa shape index (κ2) is 17.3. The van der Waals surface area contributed by atoms with Crippen molar-refractivity contribution in [3.05, 3.63) is 198 Å². The van der Waals surface area contributed by atoms with E-state index in [1.165, 1.54) is 0 Å². The molecule has 0 amide bonds. The Morgan fingerprint density at radius 3 is 1.29 bits per heavy atom. The van der Waals surface area contributed by atoms with E-state index in [0.29, 0.717) is 0 Å². The molecule has 0 bridgehead atoms. The fourth-order valence-corrected chi connectivity index (χ4v) is 8.31. The highest BCUT2D eigenvalue weighted by Crippen LogP contribution is 2.45.